The molecule has 1 aromatic carbocycles. The van der Waals surface area contributed by atoms with Crippen LogP contribution < -0.4 is 11.2 Å². The zero-order valence-corrected chi connectivity index (χ0v) is 16.5. The molecular weight excluding hydrogens is 374 g/mol. The summed E-state index contributed by atoms with van der Waals surface area (Å²) in [5.41, 5.74) is 4.00. The quantitative estimate of drug-likeness (QED) is 0.490. The van der Waals surface area contributed by atoms with E-state index >= 15 is 0 Å². The molecule has 2 heterocycles. The van der Waals surface area contributed by atoms with Crippen molar-refractivity contribution in [2.45, 2.75) is 43.8 Å². The number of nitrogen functional groups attached to an aromatic ring is 1. The zero-order valence-electron chi connectivity index (χ0n) is 15.7. The minimum atomic E-state index is -0.0715. The fourth-order valence-electron chi connectivity index (χ4n) is 3.47. The summed E-state index contributed by atoms with van der Waals surface area (Å²) in [4.78, 5) is 12.4. The van der Waals surface area contributed by atoms with E-state index in [1.54, 1.807) is 18.4 Å². The molecule has 0 saturated heterocycles. The summed E-state index contributed by atoms with van der Waals surface area (Å²) < 4.78 is 6.63. The highest BCUT2D eigenvalue weighted by atomic mass is 32.2. The number of furan rings is 1. The van der Waals surface area contributed by atoms with Crippen molar-refractivity contribution < 1.29 is 9.21 Å². The Morgan fingerprint density at radius 1 is 1.29 bits per heavy atom. The Balaban J connectivity index is 1.35. The van der Waals surface area contributed by atoms with Crippen LogP contribution in [0.25, 0.3) is 11.6 Å². The molecule has 1 amide bonds. The van der Waals surface area contributed by atoms with Crippen LogP contribution in [0.5, 0.6) is 0 Å². The average molecular weight is 398 g/mol. The van der Waals surface area contributed by atoms with E-state index in [0.29, 0.717) is 16.7 Å². The molecule has 0 fully saturated rings. The number of fused-ring (bicyclic) bond motifs is 1. The Morgan fingerprint density at radius 3 is 2.89 bits per heavy atom. The molecule has 0 radical (unpaired) electrons. The fourth-order valence-corrected chi connectivity index (χ4v) is 4.14. The number of rotatable bonds is 6. The van der Waals surface area contributed by atoms with Gasteiger partial charge in [0.05, 0.1) is 18.1 Å². The van der Waals surface area contributed by atoms with Crippen LogP contribution in [0.2, 0.25) is 0 Å². The molecule has 28 heavy (non-hydrogen) atoms. The summed E-state index contributed by atoms with van der Waals surface area (Å²) in [6, 6.07) is 10.0. The van der Waals surface area contributed by atoms with Crippen molar-refractivity contribution in [1.82, 2.24) is 20.2 Å². The molecule has 3 aromatic rings. The molecule has 3 N–H and O–H groups in total. The molecule has 2 aromatic heterocycles. The number of nitrogens with two attached hydrogens (primary N) is 1. The first-order valence-electron chi connectivity index (χ1n) is 9.40. The number of amides is 1. The van der Waals surface area contributed by atoms with Crippen molar-refractivity contribution in [2.24, 2.45) is 0 Å². The molecule has 1 unspecified atom stereocenters. The maximum Gasteiger partial charge on any atom is 0.230 e. The van der Waals surface area contributed by atoms with E-state index < -0.39 is 0 Å². The fraction of sp³-hybridized carbons (Fsp3) is 0.350. The van der Waals surface area contributed by atoms with Gasteiger partial charge in [-0.15, -0.1) is 10.2 Å². The number of carbonyl (C=O) groups is 1. The molecule has 4 rings (SSSR count). The highest BCUT2D eigenvalue weighted by molar-refractivity contribution is 7.99. The van der Waals surface area contributed by atoms with Gasteiger partial charge in [-0.2, -0.15) is 0 Å². The van der Waals surface area contributed by atoms with Gasteiger partial charge in [-0.1, -0.05) is 30.0 Å². The lowest BCUT2D eigenvalue weighted by Gasteiger charge is -2.20. The van der Waals surface area contributed by atoms with Gasteiger partial charge in [0, 0.05) is 0 Å². The molecule has 1 atom stereocenters. The second-order valence-electron chi connectivity index (χ2n) is 6.97. The zero-order chi connectivity index (χ0) is 19.5. The number of hydrogen-bond donors (Lipinski definition) is 2. The van der Waals surface area contributed by atoms with E-state index in [1.165, 1.54) is 40.4 Å². The Bertz CT molecular complexity index is 967. The third-order valence-electron chi connectivity index (χ3n) is 4.99. The number of aryl methyl sites for hydroxylation is 2. The van der Waals surface area contributed by atoms with Crippen molar-refractivity contribution in [3.63, 3.8) is 0 Å². The molecule has 0 bridgehead atoms. The van der Waals surface area contributed by atoms with Gasteiger partial charge in [0.15, 0.2) is 5.76 Å². The van der Waals surface area contributed by atoms with Crippen molar-refractivity contribution in [1.29, 1.82) is 0 Å². The Kier molecular flexibility index (Phi) is 5.38. The van der Waals surface area contributed by atoms with E-state index in [2.05, 4.69) is 33.7 Å². The largest absolute Gasteiger partial charge is 0.461 e. The second-order valence-corrected chi connectivity index (χ2v) is 7.91. The normalized spacial score (nSPS) is 14.5. The molecule has 7 nitrogen and oxygen atoms in total. The minimum Gasteiger partial charge on any atom is -0.461 e. The molecule has 1 aliphatic carbocycles. The van der Waals surface area contributed by atoms with Crippen LogP contribution in [0.1, 0.15) is 42.5 Å². The van der Waals surface area contributed by atoms with Crippen LogP contribution in [0.15, 0.2) is 46.2 Å². The second kappa shape index (κ2) is 8.10. The van der Waals surface area contributed by atoms with E-state index in [1.807, 2.05) is 6.92 Å². The number of carbonyl (C=O) groups excluding carboxylic acids is 1. The Hall–Kier alpha value is -2.74. The summed E-state index contributed by atoms with van der Waals surface area (Å²) in [6.45, 7) is 2.01. The van der Waals surface area contributed by atoms with Gasteiger partial charge in [0.1, 0.15) is 0 Å². The van der Waals surface area contributed by atoms with Crippen LogP contribution in [0, 0.1) is 0 Å². The van der Waals surface area contributed by atoms with E-state index in [-0.39, 0.29) is 17.7 Å². The van der Waals surface area contributed by atoms with E-state index in [4.69, 9.17) is 10.3 Å². The monoisotopic (exact) mass is 397 g/mol. The standard InChI is InChI=1S/C20H23N5O2S/c1-13(15-9-8-14-5-2-3-6-16(14)11-15)22-18(26)12-28-20-24-23-19(25(20)21)17-7-4-10-27-17/h4,7-11,13H,2-3,5-6,12,21H2,1H3,(H,22,26). The first-order chi connectivity index (χ1) is 13.6. The first-order valence-corrected chi connectivity index (χ1v) is 10.4. The summed E-state index contributed by atoms with van der Waals surface area (Å²) in [5.74, 6) is 7.12. The summed E-state index contributed by atoms with van der Waals surface area (Å²) in [5, 5.41) is 11.6. The van der Waals surface area contributed by atoms with Gasteiger partial charge in [0.2, 0.25) is 16.9 Å². The Labute approximate surface area is 167 Å². The van der Waals surface area contributed by atoms with Crippen LogP contribution >= 0.6 is 11.8 Å². The lowest BCUT2D eigenvalue weighted by atomic mass is 9.89. The molecular formula is C20H23N5O2S. The smallest absolute Gasteiger partial charge is 0.230 e. The average Bonchev–Trinajstić information content (AvgIpc) is 3.35. The van der Waals surface area contributed by atoms with Gasteiger partial charge < -0.3 is 15.6 Å². The number of thioether (sulfide) groups is 1. The van der Waals surface area contributed by atoms with Crippen LogP contribution in [0.4, 0.5) is 0 Å². The SMILES string of the molecule is CC(NC(=O)CSc1nnc(-c2ccco2)n1N)c1ccc2c(c1)CCCC2. The molecule has 0 aliphatic heterocycles. The lowest BCUT2D eigenvalue weighted by molar-refractivity contribution is -0.119. The lowest BCUT2D eigenvalue weighted by Crippen LogP contribution is -2.28. The van der Waals surface area contributed by atoms with Crippen LogP contribution in [-0.4, -0.2) is 26.5 Å². The van der Waals surface area contributed by atoms with Crippen molar-refractivity contribution >= 4 is 17.7 Å². The number of aromatic nitrogens is 3. The maximum absolute atomic E-state index is 12.4. The van der Waals surface area contributed by atoms with Crippen molar-refractivity contribution in [3.8, 4) is 11.6 Å². The van der Waals surface area contributed by atoms with E-state index in [9.17, 15) is 4.79 Å². The van der Waals surface area contributed by atoms with Gasteiger partial charge in [0.25, 0.3) is 0 Å². The van der Waals surface area contributed by atoms with Gasteiger partial charge in [-0.3, -0.25) is 4.79 Å². The van der Waals surface area contributed by atoms with E-state index in [0.717, 1.165) is 18.4 Å². The van der Waals surface area contributed by atoms with Gasteiger partial charge in [-0.25, -0.2) is 4.68 Å². The topological polar surface area (TPSA) is 99.0 Å². The maximum atomic E-state index is 12.4. The first kappa shape index (κ1) is 18.6. The number of nitrogens with zero attached hydrogens (tertiary/aromatic N) is 3. The molecule has 1 aliphatic rings. The number of benzene rings is 1. The number of hydrogen-bond acceptors (Lipinski definition) is 6. The predicted octanol–water partition coefficient (Wildman–Crippen LogP) is 3.10. The molecule has 146 valence electrons. The highest BCUT2D eigenvalue weighted by Crippen LogP contribution is 2.25. The predicted molar refractivity (Wildman–Crippen MR) is 108 cm³/mol. The molecule has 0 spiro atoms. The van der Waals surface area contributed by atoms with Crippen LogP contribution in [-0.2, 0) is 17.6 Å². The highest BCUT2D eigenvalue weighted by Gasteiger charge is 2.17. The number of nitrogens with one attached hydrogen (secondary N) is 1. The third kappa shape index (κ3) is 3.91. The third-order valence-corrected chi connectivity index (χ3v) is 5.93. The summed E-state index contributed by atoms with van der Waals surface area (Å²) in [6.07, 6.45) is 6.35. The molecule has 0 saturated carbocycles. The van der Waals surface area contributed by atoms with Crippen LogP contribution in [0.3, 0.4) is 0 Å². The summed E-state index contributed by atoms with van der Waals surface area (Å²) in [7, 11) is 0. The van der Waals surface area contributed by atoms with Gasteiger partial charge in [-0.05, 0) is 61.4 Å². The Morgan fingerprint density at radius 2 is 2.11 bits per heavy atom. The van der Waals surface area contributed by atoms with Crippen molar-refractivity contribution in [3.05, 3.63) is 53.3 Å². The minimum absolute atomic E-state index is 0.0465. The van der Waals surface area contributed by atoms with Crippen molar-refractivity contribution in [2.75, 3.05) is 11.6 Å². The van der Waals surface area contributed by atoms with Gasteiger partial charge >= 0.3 is 0 Å². The molecule has 8 heteroatoms. The summed E-state index contributed by atoms with van der Waals surface area (Å²) >= 11 is 1.24.